The highest BCUT2D eigenvalue weighted by Gasteiger charge is 2.35. The number of hydrogen-bond acceptors (Lipinski definition) is 4. The summed E-state index contributed by atoms with van der Waals surface area (Å²) in [5.74, 6) is 0. The summed E-state index contributed by atoms with van der Waals surface area (Å²) in [5, 5.41) is 4.50. The van der Waals surface area contributed by atoms with E-state index < -0.39 is 10.0 Å². The Kier molecular flexibility index (Phi) is 5.60. The first-order valence-corrected chi connectivity index (χ1v) is 8.12. The van der Waals surface area contributed by atoms with Crippen molar-refractivity contribution in [2.75, 3.05) is 6.54 Å². The van der Waals surface area contributed by atoms with Gasteiger partial charge in [-0.15, -0.1) is 12.4 Å². The normalized spacial score (nSPS) is 24.4. The molecule has 2 heterocycles. The number of rotatable bonds is 3. The molecule has 8 heteroatoms. The zero-order valence-corrected chi connectivity index (χ0v) is 13.7. The summed E-state index contributed by atoms with van der Waals surface area (Å²) in [5.41, 5.74) is 6.61. The summed E-state index contributed by atoms with van der Waals surface area (Å²) in [6.07, 6.45) is 1.42. The molecule has 116 valence electrons. The molecule has 0 spiro atoms. The van der Waals surface area contributed by atoms with Crippen LogP contribution in [0.1, 0.15) is 32.4 Å². The van der Waals surface area contributed by atoms with E-state index in [2.05, 4.69) is 5.10 Å². The molecule has 1 aromatic heterocycles. The molecule has 0 amide bonds. The molecule has 0 radical (unpaired) electrons. The lowest BCUT2D eigenvalue weighted by atomic mass is 10.0. The summed E-state index contributed by atoms with van der Waals surface area (Å²) in [7, 11) is -3.48. The predicted molar refractivity (Wildman–Crippen MR) is 80.4 cm³/mol. The molecule has 2 N–H and O–H groups in total. The van der Waals surface area contributed by atoms with Crippen molar-refractivity contribution in [3.8, 4) is 0 Å². The fourth-order valence-corrected chi connectivity index (χ4v) is 4.52. The Labute approximate surface area is 126 Å². The quantitative estimate of drug-likeness (QED) is 0.904. The highest BCUT2D eigenvalue weighted by molar-refractivity contribution is 7.89. The number of piperidine rings is 1. The van der Waals surface area contributed by atoms with Crippen LogP contribution in [0.4, 0.5) is 0 Å². The van der Waals surface area contributed by atoms with E-state index in [1.165, 1.54) is 0 Å². The minimum atomic E-state index is -3.48. The van der Waals surface area contributed by atoms with Crippen LogP contribution >= 0.6 is 12.4 Å². The fourth-order valence-electron chi connectivity index (χ4n) is 2.62. The number of sulfonamides is 1. The lowest BCUT2D eigenvalue weighted by Gasteiger charge is -2.35. The van der Waals surface area contributed by atoms with Crippen molar-refractivity contribution in [3.05, 3.63) is 11.8 Å². The molecule has 1 saturated heterocycles. The Balaban J connectivity index is 0.00000200. The first kappa shape index (κ1) is 17.4. The Bertz CT molecular complexity index is 558. The van der Waals surface area contributed by atoms with Crippen LogP contribution in [0, 0.1) is 6.92 Å². The van der Waals surface area contributed by atoms with Gasteiger partial charge in [0, 0.05) is 25.2 Å². The molecule has 2 rings (SSSR count). The molecule has 1 aliphatic rings. The zero-order valence-electron chi connectivity index (χ0n) is 12.1. The van der Waals surface area contributed by atoms with E-state index in [4.69, 9.17) is 5.73 Å². The third kappa shape index (κ3) is 3.16. The number of halogens is 1. The Hall–Kier alpha value is -0.630. The van der Waals surface area contributed by atoms with Crippen LogP contribution in [0.25, 0.3) is 0 Å². The zero-order chi connectivity index (χ0) is 14.2. The number of aromatic nitrogens is 2. The lowest BCUT2D eigenvalue weighted by Crippen LogP contribution is -2.48. The highest BCUT2D eigenvalue weighted by atomic mass is 35.5. The SMILES string of the molecule is CCn1nc(C)cc1S(=O)(=O)N1CC[C@@H](N)C[C@H]1C.Cl. The van der Waals surface area contributed by atoms with Gasteiger partial charge in [-0.05, 0) is 39.7 Å². The summed E-state index contributed by atoms with van der Waals surface area (Å²) in [6, 6.07) is 1.67. The highest BCUT2D eigenvalue weighted by Crippen LogP contribution is 2.25. The van der Waals surface area contributed by atoms with E-state index in [0.29, 0.717) is 25.9 Å². The van der Waals surface area contributed by atoms with Gasteiger partial charge in [0.2, 0.25) is 0 Å². The van der Waals surface area contributed by atoms with Crippen LogP contribution in [0.15, 0.2) is 11.1 Å². The Morgan fingerprint density at radius 1 is 1.50 bits per heavy atom. The van der Waals surface area contributed by atoms with Gasteiger partial charge in [0.25, 0.3) is 10.0 Å². The third-order valence-electron chi connectivity index (χ3n) is 3.59. The van der Waals surface area contributed by atoms with Crippen molar-refractivity contribution in [3.63, 3.8) is 0 Å². The van der Waals surface area contributed by atoms with Gasteiger partial charge in [0.15, 0.2) is 5.03 Å². The van der Waals surface area contributed by atoms with E-state index in [1.54, 1.807) is 22.0 Å². The second-order valence-corrected chi connectivity index (χ2v) is 7.03. The first-order valence-electron chi connectivity index (χ1n) is 6.68. The van der Waals surface area contributed by atoms with Crippen molar-refractivity contribution in [1.82, 2.24) is 14.1 Å². The van der Waals surface area contributed by atoms with Crippen LogP contribution in [0.2, 0.25) is 0 Å². The van der Waals surface area contributed by atoms with Crippen molar-refractivity contribution in [2.45, 2.75) is 57.3 Å². The van der Waals surface area contributed by atoms with Crippen LogP contribution in [-0.2, 0) is 16.6 Å². The van der Waals surface area contributed by atoms with Crippen LogP contribution in [0.5, 0.6) is 0 Å². The molecule has 1 aliphatic heterocycles. The fraction of sp³-hybridized carbons (Fsp3) is 0.750. The molecule has 0 unspecified atom stereocenters. The smallest absolute Gasteiger partial charge is 0.260 e. The third-order valence-corrected chi connectivity index (χ3v) is 5.61. The first-order chi connectivity index (χ1) is 8.86. The minimum Gasteiger partial charge on any atom is -0.328 e. The van der Waals surface area contributed by atoms with E-state index in [0.717, 1.165) is 5.69 Å². The van der Waals surface area contributed by atoms with Gasteiger partial charge in [-0.1, -0.05) is 0 Å². The van der Waals surface area contributed by atoms with Gasteiger partial charge in [0.1, 0.15) is 0 Å². The van der Waals surface area contributed by atoms with Gasteiger partial charge in [0.05, 0.1) is 5.69 Å². The average Bonchev–Trinajstić information content (AvgIpc) is 2.70. The molecular weight excluding hydrogens is 300 g/mol. The largest absolute Gasteiger partial charge is 0.328 e. The standard InChI is InChI=1S/C12H22N4O2S.ClH/c1-4-15-12(7-9(2)14-15)19(17,18)16-6-5-11(13)8-10(16)3;/h7,10-11H,4-6,8,13H2,1-3H3;1H/t10-,11-;/m1./s1. The van der Waals surface area contributed by atoms with E-state index >= 15 is 0 Å². The van der Waals surface area contributed by atoms with Crippen LogP contribution in [-0.4, -0.2) is 41.1 Å². The van der Waals surface area contributed by atoms with Gasteiger partial charge in [-0.25, -0.2) is 8.42 Å². The topological polar surface area (TPSA) is 81.2 Å². The molecule has 6 nitrogen and oxygen atoms in total. The molecular formula is C12H23ClN4O2S. The van der Waals surface area contributed by atoms with Gasteiger partial charge >= 0.3 is 0 Å². The Morgan fingerprint density at radius 2 is 2.15 bits per heavy atom. The Morgan fingerprint density at radius 3 is 2.70 bits per heavy atom. The molecule has 0 aliphatic carbocycles. The van der Waals surface area contributed by atoms with Gasteiger partial charge < -0.3 is 5.73 Å². The second kappa shape index (κ2) is 6.43. The maximum Gasteiger partial charge on any atom is 0.260 e. The number of hydrogen-bond donors (Lipinski definition) is 1. The van der Waals surface area contributed by atoms with Crippen LogP contribution < -0.4 is 5.73 Å². The molecule has 0 bridgehead atoms. The second-order valence-electron chi connectivity index (χ2n) is 5.19. The van der Waals surface area contributed by atoms with Crippen molar-refractivity contribution >= 4 is 22.4 Å². The van der Waals surface area contributed by atoms with Crippen molar-refractivity contribution in [2.24, 2.45) is 5.73 Å². The van der Waals surface area contributed by atoms with E-state index in [9.17, 15) is 8.42 Å². The number of nitrogens with zero attached hydrogens (tertiary/aromatic N) is 3. The summed E-state index contributed by atoms with van der Waals surface area (Å²) >= 11 is 0. The number of aryl methyl sites for hydroxylation is 2. The maximum atomic E-state index is 12.7. The summed E-state index contributed by atoms with van der Waals surface area (Å²) < 4.78 is 28.5. The predicted octanol–water partition coefficient (Wildman–Crippen LogP) is 1.13. The lowest BCUT2D eigenvalue weighted by molar-refractivity contribution is 0.245. The van der Waals surface area contributed by atoms with Crippen molar-refractivity contribution in [1.29, 1.82) is 0 Å². The summed E-state index contributed by atoms with van der Waals surface area (Å²) in [4.78, 5) is 0. The molecule has 1 fully saturated rings. The molecule has 20 heavy (non-hydrogen) atoms. The average molecular weight is 323 g/mol. The monoisotopic (exact) mass is 322 g/mol. The number of nitrogens with two attached hydrogens (primary N) is 1. The van der Waals surface area contributed by atoms with Crippen molar-refractivity contribution < 1.29 is 8.42 Å². The van der Waals surface area contributed by atoms with Gasteiger partial charge in [-0.3, -0.25) is 4.68 Å². The summed E-state index contributed by atoms with van der Waals surface area (Å²) in [6.45, 7) is 6.64. The van der Waals surface area contributed by atoms with E-state index in [1.807, 2.05) is 13.8 Å². The van der Waals surface area contributed by atoms with Crippen LogP contribution in [0.3, 0.4) is 0 Å². The van der Waals surface area contributed by atoms with E-state index in [-0.39, 0.29) is 29.5 Å². The molecule has 1 aromatic rings. The molecule has 2 atom stereocenters. The molecule has 0 saturated carbocycles. The maximum absolute atomic E-state index is 12.7. The molecule has 0 aromatic carbocycles. The minimum absolute atomic E-state index is 0. The van der Waals surface area contributed by atoms with Gasteiger partial charge in [-0.2, -0.15) is 9.40 Å².